The molecular formula is C28H36N2O3. The van der Waals surface area contributed by atoms with Crippen molar-refractivity contribution < 1.29 is 14.2 Å². The normalized spacial score (nSPS) is 18.2. The first-order valence-electron chi connectivity index (χ1n) is 12.5. The van der Waals surface area contributed by atoms with E-state index in [-0.39, 0.29) is 0 Å². The van der Waals surface area contributed by atoms with E-state index in [1.54, 1.807) is 14.2 Å². The van der Waals surface area contributed by atoms with Gasteiger partial charge in [0.1, 0.15) is 17.2 Å². The van der Waals surface area contributed by atoms with Gasteiger partial charge in [0.25, 0.3) is 0 Å². The highest BCUT2D eigenvalue weighted by atomic mass is 16.5. The van der Waals surface area contributed by atoms with Crippen molar-refractivity contribution in [1.82, 2.24) is 9.80 Å². The number of hydrogen-bond donors (Lipinski definition) is 0. The molecule has 3 heterocycles. The van der Waals surface area contributed by atoms with E-state index in [1.807, 2.05) is 12.1 Å². The van der Waals surface area contributed by atoms with Crippen molar-refractivity contribution in [1.29, 1.82) is 0 Å². The molecule has 5 nitrogen and oxygen atoms in total. The van der Waals surface area contributed by atoms with Gasteiger partial charge < -0.3 is 24.0 Å². The van der Waals surface area contributed by atoms with Gasteiger partial charge in [-0.2, -0.15) is 0 Å². The van der Waals surface area contributed by atoms with E-state index in [4.69, 9.17) is 14.2 Å². The van der Waals surface area contributed by atoms with Crippen molar-refractivity contribution >= 4 is 11.3 Å². The van der Waals surface area contributed by atoms with Gasteiger partial charge in [-0.25, -0.2) is 0 Å². The molecule has 0 aliphatic carbocycles. The fourth-order valence-corrected chi connectivity index (χ4v) is 5.54. The fraction of sp³-hybridized carbons (Fsp3) is 0.500. The molecule has 5 rings (SSSR count). The van der Waals surface area contributed by atoms with Crippen LogP contribution in [0.2, 0.25) is 0 Å². The van der Waals surface area contributed by atoms with Crippen LogP contribution in [0.1, 0.15) is 44.1 Å². The van der Waals surface area contributed by atoms with Crippen LogP contribution in [0.25, 0.3) is 11.3 Å². The molecule has 176 valence electrons. The zero-order valence-corrected chi connectivity index (χ0v) is 20.1. The minimum atomic E-state index is 0.772. The summed E-state index contributed by atoms with van der Waals surface area (Å²) in [6, 6.07) is 12.7. The molecular weight excluding hydrogens is 412 g/mol. The lowest BCUT2D eigenvalue weighted by atomic mass is 9.96. The lowest BCUT2D eigenvalue weighted by molar-refractivity contribution is 0.205. The van der Waals surface area contributed by atoms with Crippen LogP contribution in [0.5, 0.6) is 17.2 Å². The van der Waals surface area contributed by atoms with Crippen molar-refractivity contribution in [3.63, 3.8) is 0 Å². The maximum absolute atomic E-state index is 6.22. The first-order valence-corrected chi connectivity index (χ1v) is 12.5. The van der Waals surface area contributed by atoms with Crippen LogP contribution in [-0.2, 0) is 0 Å². The zero-order chi connectivity index (χ0) is 22.6. The topological polar surface area (TPSA) is 34.2 Å². The number of piperidine rings is 1. The predicted octanol–water partition coefficient (Wildman–Crippen LogP) is 3.38. The predicted molar refractivity (Wildman–Crippen MR) is 132 cm³/mol. The molecule has 2 fully saturated rings. The third kappa shape index (κ3) is 4.70. The summed E-state index contributed by atoms with van der Waals surface area (Å²) in [5.41, 5.74) is 3.86. The third-order valence-electron chi connectivity index (χ3n) is 7.27. The maximum atomic E-state index is 6.22. The Kier molecular flexibility index (Phi) is 6.77. The van der Waals surface area contributed by atoms with Crippen LogP contribution in [0, 0.1) is 0 Å². The van der Waals surface area contributed by atoms with Crippen LogP contribution < -0.4 is 24.6 Å². The Morgan fingerprint density at radius 3 is 2.48 bits per heavy atom. The molecule has 0 aromatic heterocycles. The van der Waals surface area contributed by atoms with Crippen molar-refractivity contribution in [3.8, 4) is 17.2 Å². The van der Waals surface area contributed by atoms with Crippen LogP contribution in [0.4, 0.5) is 0 Å². The Morgan fingerprint density at radius 1 is 0.818 bits per heavy atom. The maximum Gasteiger partial charge on any atom is 0.126 e. The van der Waals surface area contributed by atoms with Gasteiger partial charge >= 0.3 is 0 Å². The highest BCUT2D eigenvalue weighted by molar-refractivity contribution is 5.76. The summed E-state index contributed by atoms with van der Waals surface area (Å²) in [5.74, 6) is 2.72. The number of fused-ring (bicyclic) bond motifs is 2. The second kappa shape index (κ2) is 10.1. The largest absolute Gasteiger partial charge is 0.497 e. The highest BCUT2D eigenvalue weighted by Gasteiger charge is 2.25. The smallest absolute Gasteiger partial charge is 0.126 e. The summed E-state index contributed by atoms with van der Waals surface area (Å²) in [4.78, 5) is 5.10. The SMILES string of the molecule is COc1ccc(OC)c(C2=c3ccc(OCCCN4CCCCC4)cc3=C3CCCN3C2)c1. The summed E-state index contributed by atoms with van der Waals surface area (Å²) < 4.78 is 17.5. The summed E-state index contributed by atoms with van der Waals surface area (Å²) in [6.07, 6.45) is 7.50. The highest BCUT2D eigenvalue weighted by Crippen LogP contribution is 2.33. The molecule has 3 aliphatic rings. The van der Waals surface area contributed by atoms with E-state index in [2.05, 4.69) is 34.1 Å². The fourth-order valence-electron chi connectivity index (χ4n) is 5.54. The molecule has 2 aromatic rings. The Hall–Kier alpha value is -2.66. The van der Waals surface area contributed by atoms with E-state index in [0.717, 1.165) is 61.9 Å². The minimum Gasteiger partial charge on any atom is -0.497 e. The molecule has 0 amide bonds. The van der Waals surface area contributed by atoms with Crippen molar-refractivity contribution in [2.75, 3.05) is 53.6 Å². The van der Waals surface area contributed by atoms with E-state index in [0.29, 0.717) is 0 Å². The van der Waals surface area contributed by atoms with E-state index < -0.39 is 0 Å². The van der Waals surface area contributed by atoms with Gasteiger partial charge in [-0.15, -0.1) is 0 Å². The number of benzene rings is 2. The Balaban J connectivity index is 1.44. The molecule has 0 unspecified atom stereocenters. The van der Waals surface area contributed by atoms with Gasteiger partial charge in [-0.1, -0.05) is 12.5 Å². The quantitative estimate of drug-likeness (QED) is 0.579. The van der Waals surface area contributed by atoms with E-state index >= 15 is 0 Å². The summed E-state index contributed by atoms with van der Waals surface area (Å²) in [7, 11) is 3.45. The summed E-state index contributed by atoms with van der Waals surface area (Å²) in [5, 5.41) is 2.60. The average molecular weight is 449 g/mol. The molecule has 0 atom stereocenters. The lowest BCUT2D eigenvalue weighted by Gasteiger charge is -2.28. The average Bonchev–Trinajstić information content (AvgIpc) is 3.35. The molecule has 3 aliphatic heterocycles. The van der Waals surface area contributed by atoms with E-state index in [9.17, 15) is 0 Å². The van der Waals surface area contributed by atoms with Crippen LogP contribution in [0.15, 0.2) is 36.4 Å². The summed E-state index contributed by atoms with van der Waals surface area (Å²) >= 11 is 0. The second-order valence-electron chi connectivity index (χ2n) is 9.33. The lowest BCUT2D eigenvalue weighted by Crippen LogP contribution is -2.41. The number of hydrogen-bond acceptors (Lipinski definition) is 5. The third-order valence-corrected chi connectivity index (χ3v) is 7.27. The Bertz CT molecular complexity index is 1100. The number of likely N-dealkylation sites (tertiary alicyclic amines) is 1. The summed E-state index contributed by atoms with van der Waals surface area (Å²) in [6.45, 7) is 6.42. The van der Waals surface area contributed by atoms with Crippen LogP contribution >= 0.6 is 0 Å². The molecule has 0 N–H and O–H groups in total. The van der Waals surface area contributed by atoms with Crippen molar-refractivity contribution in [2.24, 2.45) is 0 Å². The minimum absolute atomic E-state index is 0.772. The van der Waals surface area contributed by atoms with Crippen LogP contribution in [0.3, 0.4) is 0 Å². The van der Waals surface area contributed by atoms with Crippen LogP contribution in [-0.4, -0.2) is 63.4 Å². The monoisotopic (exact) mass is 448 g/mol. The molecule has 2 aromatic carbocycles. The first-order chi connectivity index (χ1) is 16.3. The zero-order valence-electron chi connectivity index (χ0n) is 20.1. The number of ether oxygens (including phenoxy) is 3. The molecule has 0 bridgehead atoms. The molecule has 0 radical (unpaired) electrons. The van der Waals surface area contributed by atoms with Gasteiger partial charge in [-0.3, -0.25) is 0 Å². The van der Waals surface area contributed by atoms with Gasteiger partial charge in [0.15, 0.2) is 0 Å². The Morgan fingerprint density at radius 2 is 1.67 bits per heavy atom. The molecule has 33 heavy (non-hydrogen) atoms. The first kappa shape index (κ1) is 22.1. The van der Waals surface area contributed by atoms with Crippen molar-refractivity contribution in [3.05, 3.63) is 52.4 Å². The molecule has 0 saturated carbocycles. The Labute approximate surface area is 197 Å². The standard InChI is InChI=1S/C28H36N2O3/c1-31-21-10-12-28(32-2)25(18-21)26-20-30-16-6-8-27(30)24-19-22(9-11-23(24)26)33-17-7-15-29-13-4-3-5-14-29/h9-12,18-19H,3-8,13-17,20H2,1-2H3. The molecule has 0 spiro atoms. The second-order valence-corrected chi connectivity index (χ2v) is 9.33. The van der Waals surface area contributed by atoms with Gasteiger partial charge in [0.2, 0.25) is 0 Å². The van der Waals surface area contributed by atoms with E-state index in [1.165, 1.54) is 60.5 Å². The molecule has 2 saturated heterocycles. The van der Waals surface area contributed by atoms with Gasteiger partial charge in [0, 0.05) is 36.1 Å². The van der Waals surface area contributed by atoms with Gasteiger partial charge in [-0.05, 0) is 86.3 Å². The van der Waals surface area contributed by atoms with Gasteiger partial charge in [0.05, 0.1) is 20.8 Å². The molecule has 5 heteroatoms. The number of nitrogens with zero attached hydrogens (tertiary/aromatic N) is 2. The van der Waals surface area contributed by atoms with Crippen molar-refractivity contribution in [2.45, 2.75) is 38.5 Å². The number of methoxy groups -OCH3 is 2. The number of rotatable bonds is 8.